The Kier molecular flexibility index (Phi) is 9.90. The Morgan fingerprint density at radius 2 is 1.49 bits per heavy atom. The van der Waals surface area contributed by atoms with Crippen molar-refractivity contribution >= 4 is 23.7 Å². The molecule has 0 aliphatic heterocycles. The molecule has 3 aromatic carbocycles. The van der Waals surface area contributed by atoms with Crippen molar-refractivity contribution in [3.63, 3.8) is 0 Å². The van der Waals surface area contributed by atoms with Crippen LogP contribution >= 0.6 is 0 Å². The lowest BCUT2D eigenvalue weighted by molar-refractivity contribution is -0.121. The van der Waals surface area contributed by atoms with Gasteiger partial charge >= 0.3 is 6.16 Å². The highest BCUT2D eigenvalue weighted by Crippen LogP contribution is 2.28. The monoisotopic (exact) mass is 506 g/mol. The van der Waals surface area contributed by atoms with Gasteiger partial charge in [0.15, 0.2) is 11.5 Å². The second kappa shape index (κ2) is 13.5. The number of hydrogen-bond donors (Lipinski definition) is 2. The number of methoxy groups -OCH3 is 2. The van der Waals surface area contributed by atoms with Crippen molar-refractivity contribution in [1.82, 2.24) is 5.32 Å². The molecule has 0 aliphatic rings. The minimum atomic E-state index is -0.797. The molecule has 0 fully saturated rings. The molecule has 9 heteroatoms. The minimum Gasteiger partial charge on any atom is -0.493 e. The molecule has 2 N–H and O–H groups in total. The van der Waals surface area contributed by atoms with Gasteiger partial charge < -0.3 is 29.6 Å². The van der Waals surface area contributed by atoms with Crippen molar-refractivity contribution in [3.05, 3.63) is 83.4 Å². The molecule has 0 aliphatic carbocycles. The van der Waals surface area contributed by atoms with Gasteiger partial charge in [0.05, 0.1) is 20.8 Å². The van der Waals surface area contributed by atoms with Crippen molar-refractivity contribution in [2.45, 2.75) is 26.3 Å². The molecule has 0 bridgehead atoms. The van der Waals surface area contributed by atoms with E-state index in [1.165, 1.54) is 12.1 Å². The molecule has 0 atom stereocenters. The van der Waals surface area contributed by atoms with E-state index in [0.717, 1.165) is 11.1 Å². The third kappa shape index (κ3) is 8.28. The normalized spacial score (nSPS) is 10.2. The van der Waals surface area contributed by atoms with Crippen LogP contribution in [0.4, 0.5) is 10.5 Å². The summed E-state index contributed by atoms with van der Waals surface area (Å²) in [5.41, 5.74) is 2.90. The first-order valence-electron chi connectivity index (χ1n) is 11.7. The molecule has 194 valence electrons. The Balaban J connectivity index is 1.44. The van der Waals surface area contributed by atoms with E-state index in [4.69, 9.17) is 18.9 Å². The first kappa shape index (κ1) is 27.1. The van der Waals surface area contributed by atoms with E-state index in [-0.39, 0.29) is 24.2 Å². The summed E-state index contributed by atoms with van der Waals surface area (Å²) in [5.74, 6) is 1.19. The summed E-state index contributed by atoms with van der Waals surface area (Å²) in [6.45, 7) is 2.27. The van der Waals surface area contributed by atoms with Gasteiger partial charge in [-0.05, 0) is 73.0 Å². The minimum absolute atomic E-state index is 0.0671. The summed E-state index contributed by atoms with van der Waals surface area (Å²) in [6.07, 6.45) is 0.120. The predicted molar refractivity (Wildman–Crippen MR) is 138 cm³/mol. The average Bonchev–Trinajstić information content (AvgIpc) is 2.91. The maximum atomic E-state index is 12.5. The molecule has 2 amide bonds. The Morgan fingerprint density at radius 1 is 0.811 bits per heavy atom. The zero-order chi connectivity index (χ0) is 26.6. The maximum Gasteiger partial charge on any atom is 0.513 e. The highest BCUT2D eigenvalue weighted by atomic mass is 16.7. The quantitative estimate of drug-likeness (QED) is 0.285. The summed E-state index contributed by atoms with van der Waals surface area (Å²) in [7, 11) is 3.16. The van der Waals surface area contributed by atoms with Gasteiger partial charge in [-0.3, -0.25) is 9.59 Å². The second-order valence-electron chi connectivity index (χ2n) is 7.93. The molecule has 3 aromatic rings. The number of nitrogens with one attached hydrogen (secondary N) is 2. The number of benzene rings is 3. The van der Waals surface area contributed by atoms with Crippen LogP contribution in [0.2, 0.25) is 0 Å². The van der Waals surface area contributed by atoms with Gasteiger partial charge in [-0.15, -0.1) is 0 Å². The highest BCUT2D eigenvalue weighted by Gasteiger charge is 2.10. The Labute approximate surface area is 215 Å². The summed E-state index contributed by atoms with van der Waals surface area (Å²) in [5, 5.41) is 5.71. The van der Waals surface area contributed by atoms with Crippen LogP contribution < -0.4 is 24.8 Å². The number of amides is 2. The van der Waals surface area contributed by atoms with E-state index in [1.807, 2.05) is 30.3 Å². The van der Waals surface area contributed by atoms with E-state index in [2.05, 4.69) is 10.6 Å². The van der Waals surface area contributed by atoms with Gasteiger partial charge in [0.1, 0.15) is 5.75 Å². The number of anilines is 1. The molecule has 9 nitrogen and oxygen atoms in total. The number of hydrogen-bond acceptors (Lipinski definition) is 7. The molecule has 0 saturated heterocycles. The van der Waals surface area contributed by atoms with Crippen molar-refractivity contribution < 1.29 is 33.3 Å². The number of carbonyl (C=O) groups is 3. The third-order valence-electron chi connectivity index (χ3n) is 5.37. The predicted octanol–water partition coefficient (Wildman–Crippen LogP) is 4.74. The van der Waals surface area contributed by atoms with Gasteiger partial charge in [-0.2, -0.15) is 0 Å². The largest absolute Gasteiger partial charge is 0.513 e. The van der Waals surface area contributed by atoms with Crippen LogP contribution in [0.5, 0.6) is 17.2 Å². The Bertz CT molecular complexity index is 1210. The van der Waals surface area contributed by atoms with Gasteiger partial charge in [0.25, 0.3) is 5.91 Å². The van der Waals surface area contributed by atoms with E-state index < -0.39 is 6.16 Å². The van der Waals surface area contributed by atoms with Crippen molar-refractivity contribution in [1.29, 1.82) is 0 Å². The van der Waals surface area contributed by atoms with E-state index in [0.29, 0.717) is 42.1 Å². The van der Waals surface area contributed by atoms with Crippen molar-refractivity contribution in [2.75, 3.05) is 26.1 Å². The molecule has 0 heterocycles. The number of carbonyl (C=O) groups excluding carboxylic acids is 3. The molecule has 0 unspecified atom stereocenters. The fourth-order valence-corrected chi connectivity index (χ4v) is 3.41. The molecule has 37 heavy (non-hydrogen) atoms. The lowest BCUT2D eigenvalue weighted by Gasteiger charge is -2.10. The Hall–Kier alpha value is -4.53. The van der Waals surface area contributed by atoms with E-state index in [1.54, 1.807) is 45.4 Å². The summed E-state index contributed by atoms with van der Waals surface area (Å²) in [4.78, 5) is 36.2. The SMILES string of the molecule is CCOC(=O)Oc1ccc(C(=O)Nc2ccc(CNC(=O)CCc3ccc(OC)c(OC)c3)cc2)cc1. The molecular weight excluding hydrogens is 476 g/mol. The maximum absolute atomic E-state index is 12.5. The van der Waals surface area contributed by atoms with Crippen LogP contribution in [0.15, 0.2) is 66.7 Å². The molecule has 0 radical (unpaired) electrons. The van der Waals surface area contributed by atoms with Crippen LogP contribution in [0.1, 0.15) is 34.8 Å². The molecular formula is C28H30N2O7. The van der Waals surface area contributed by atoms with Crippen LogP contribution in [0.3, 0.4) is 0 Å². The van der Waals surface area contributed by atoms with Gasteiger partial charge in [0.2, 0.25) is 5.91 Å². The number of rotatable bonds is 11. The first-order valence-corrected chi connectivity index (χ1v) is 11.7. The number of aryl methyl sites for hydroxylation is 1. The summed E-state index contributed by atoms with van der Waals surface area (Å²) in [6, 6.07) is 18.9. The first-order chi connectivity index (χ1) is 17.9. The Morgan fingerprint density at radius 3 is 2.14 bits per heavy atom. The topological polar surface area (TPSA) is 112 Å². The lowest BCUT2D eigenvalue weighted by Crippen LogP contribution is -2.23. The van der Waals surface area contributed by atoms with Crippen LogP contribution in [0, 0.1) is 0 Å². The van der Waals surface area contributed by atoms with Gasteiger partial charge in [-0.1, -0.05) is 18.2 Å². The van der Waals surface area contributed by atoms with Gasteiger partial charge in [0, 0.05) is 24.2 Å². The molecule has 3 rings (SSSR count). The fraction of sp³-hybridized carbons (Fsp3) is 0.250. The standard InChI is InChI=1S/C28H30N2O7/c1-4-36-28(33)37-23-13-9-21(10-14-23)27(32)30-22-11-5-20(6-12-22)18-29-26(31)16-8-19-7-15-24(34-2)25(17-19)35-3/h5-7,9-15,17H,4,8,16,18H2,1-3H3,(H,29,31)(H,30,32). The zero-order valence-corrected chi connectivity index (χ0v) is 21.0. The van der Waals surface area contributed by atoms with Crippen LogP contribution in [-0.2, 0) is 22.5 Å². The van der Waals surface area contributed by atoms with E-state index >= 15 is 0 Å². The summed E-state index contributed by atoms with van der Waals surface area (Å²) >= 11 is 0. The van der Waals surface area contributed by atoms with E-state index in [9.17, 15) is 14.4 Å². The average molecular weight is 507 g/mol. The smallest absolute Gasteiger partial charge is 0.493 e. The van der Waals surface area contributed by atoms with Crippen molar-refractivity contribution in [2.24, 2.45) is 0 Å². The third-order valence-corrected chi connectivity index (χ3v) is 5.37. The summed E-state index contributed by atoms with van der Waals surface area (Å²) < 4.78 is 20.2. The molecule has 0 aromatic heterocycles. The van der Waals surface area contributed by atoms with Crippen LogP contribution in [0.25, 0.3) is 0 Å². The molecule has 0 saturated carbocycles. The second-order valence-corrected chi connectivity index (χ2v) is 7.93. The van der Waals surface area contributed by atoms with Crippen LogP contribution in [-0.4, -0.2) is 38.8 Å². The van der Waals surface area contributed by atoms with Gasteiger partial charge in [-0.25, -0.2) is 4.79 Å². The van der Waals surface area contributed by atoms with Crippen molar-refractivity contribution in [3.8, 4) is 17.2 Å². The lowest BCUT2D eigenvalue weighted by atomic mass is 10.1. The fourth-order valence-electron chi connectivity index (χ4n) is 3.41. The number of ether oxygens (including phenoxy) is 4. The highest BCUT2D eigenvalue weighted by molar-refractivity contribution is 6.04. The zero-order valence-electron chi connectivity index (χ0n) is 21.0. The molecule has 0 spiro atoms.